The summed E-state index contributed by atoms with van der Waals surface area (Å²) in [5, 5.41) is 17.8. The van der Waals surface area contributed by atoms with E-state index in [1.807, 2.05) is 66.4 Å². The van der Waals surface area contributed by atoms with Crippen molar-refractivity contribution in [3.05, 3.63) is 96.2 Å². The van der Waals surface area contributed by atoms with E-state index in [0.29, 0.717) is 23.3 Å². The normalized spacial score (nSPS) is 20.4. The van der Waals surface area contributed by atoms with Crippen molar-refractivity contribution in [2.75, 3.05) is 5.32 Å². The Kier molecular flexibility index (Phi) is 6.98. The molecule has 3 heterocycles. The summed E-state index contributed by atoms with van der Waals surface area (Å²) < 4.78 is 0. The molecule has 3 atom stereocenters. The molecule has 2 aliphatic rings. The number of H-pyrrole nitrogens is 1. The number of nitrogens with one attached hydrogen (secondary N) is 2. The molecule has 3 aromatic carbocycles. The number of aromatic nitrogens is 4. The number of benzene rings is 3. The van der Waals surface area contributed by atoms with Gasteiger partial charge in [-0.15, -0.1) is 22.0 Å². The molecule has 4 aromatic rings. The molecule has 8 nitrogen and oxygen atoms in total. The standard InChI is InChI=1S/C30H28N6O2S/c1-2-22-16-25-27(37)26(29(38)31-21-8-4-3-5-9-21)18-36(30(25)39-22)17-19-12-14-20(15-13-19)23-10-6-7-11-24(23)28-32-34-35-33-28/h3-15,18,22,25,30H,2,16-17H2,1H3,(H,31,38)(H,32,33,34,35). The summed E-state index contributed by atoms with van der Waals surface area (Å²) in [5.74, 6) is -0.0500. The molecule has 39 heavy (non-hydrogen) atoms. The first-order chi connectivity index (χ1) is 19.1. The molecule has 9 heteroatoms. The highest BCUT2D eigenvalue weighted by Crippen LogP contribution is 2.46. The molecule has 1 amide bonds. The van der Waals surface area contributed by atoms with Crippen molar-refractivity contribution in [1.82, 2.24) is 25.5 Å². The second-order valence-corrected chi connectivity index (χ2v) is 11.2. The first-order valence-corrected chi connectivity index (χ1v) is 14.0. The Morgan fingerprint density at radius 3 is 2.49 bits per heavy atom. The second kappa shape index (κ2) is 10.9. The highest BCUT2D eigenvalue weighted by atomic mass is 32.2. The molecule has 196 valence electrons. The smallest absolute Gasteiger partial charge is 0.260 e. The average molecular weight is 537 g/mol. The van der Waals surface area contributed by atoms with Crippen LogP contribution in [0, 0.1) is 5.92 Å². The van der Waals surface area contributed by atoms with Gasteiger partial charge in [-0.3, -0.25) is 9.59 Å². The van der Waals surface area contributed by atoms with E-state index in [2.05, 4.69) is 62.0 Å². The average Bonchev–Trinajstić information content (AvgIpc) is 3.67. The number of rotatable bonds is 7. The number of ketones is 1. The predicted octanol–water partition coefficient (Wildman–Crippen LogP) is 5.30. The zero-order valence-corrected chi connectivity index (χ0v) is 22.3. The molecule has 3 unspecified atom stereocenters. The van der Waals surface area contributed by atoms with Gasteiger partial charge in [0, 0.05) is 29.2 Å². The number of hydrogen-bond donors (Lipinski definition) is 2. The summed E-state index contributed by atoms with van der Waals surface area (Å²) in [7, 11) is 0. The summed E-state index contributed by atoms with van der Waals surface area (Å²) >= 11 is 1.85. The van der Waals surface area contributed by atoms with Crippen molar-refractivity contribution in [2.45, 2.75) is 36.9 Å². The number of nitrogens with zero attached hydrogens (tertiary/aromatic N) is 4. The lowest BCUT2D eigenvalue weighted by atomic mass is 9.89. The van der Waals surface area contributed by atoms with Gasteiger partial charge < -0.3 is 10.2 Å². The van der Waals surface area contributed by atoms with Crippen molar-refractivity contribution in [1.29, 1.82) is 0 Å². The topological polar surface area (TPSA) is 104 Å². The molecule has 1 fully saturated rings. The number of Topliss-reactive ketones (excluding diaryl/α,β-unsaturated/α-hetero) is 1. The number of carbonyl (C=O) groups excluding carboxylic acids is 2. The Labute approximate surface area is 230 Å². The van der Waals surface area contributed by atoms with Crippen LogP contribution in [-0.4, -0.2) is 47.8 Å². The van der Waals surface area contributed by atoms with Gasteiger partial charge in [-0.05, 0) is 46.9 Å². The third kappa shape index (κ3) is 5.09. The fraction of sp³-hybridized carbons (Fsp3) is 0.233. The fourth-order valence-electron chi connectivity index (χ4n) is 5.29. The second-order valence-electron chi connectivity index (χ2n) is 9.78. The van der Waals surface area contributed by atoms with Gasteiger partial charge in [0.1, 0.15) is 0 Å². The Hall–Kier alpha value is -4.24. The van der Waals surface area contributed by atoms with Crippen molar-refractivity contribution in [3.8, 4) is 22.5 Å². The minimum absolute atomic E-state index is 0.0226. The quantitative estimate of drug-likeness (QED) is 0.309. The summed E-state index contributed by atoms with van der Waals surface area (Å²) in [6.07, 6.45) is 3.56. The van der Waals surface area contributed by atoms with Crippen LogP contribution in [0.2, 0.25) is 0 Å². The first-order valence-electron chi connectivity index (χ1n) is 13.1. The fourth-order valence-corrected chi connectivity index (χ4v) is 6.91. The number of hydrogen-bond acceptors (Lipinski definition) is 7. The van der Waals surface area contributed by atoms with Crippen LogP contribution in [0.4, 0.5) is 5.69 Å². The lowest BCUT2D eigenvalue weighted by Gasteiger charge is -2.35. The highest BCUT2D eigenvalue weighted by Gasteiger charge is 2.46. The zero-order valence-electron chi connectivity index (χ0n) is 21.4. The number of fused-ring (bicyclic) bond motifs is 1. The highest BCUT2D eigenvalue weighted by molar-refractivity contribution is 8.00. The van der Waals surface area contributed by atoms with Crippen LogP contribution in [0.5, 0.6) is 0 Å². The van der Waals surface area contributed by atoms with E-state index in [0.717, 1.165) is 35.1 Å². The van der Waals surface area contributed by atoms with E-state index in [9.17, 15) is 9.59 Å². The zero-order chi connectivity index (χ0) is 26.8. The third-order valence-electron chi connectivity index (χ3n) is 7.29. The summed E-state index contributed by atoms with van der Waals surface area (Å²) in [4.78, 5) is 28.8. The molecule has 1 aromatic heterocycles. The monoisotopic (exact) mass is 536 g/mol. The summed E-state index contributed by atoms with van der Waals surface area (Å²) in [5.41, 5.74) is 4.97. The van der Waals surface area contributed by atoms with Crippen LogP contribution in [0.1, 0.15) is 25.3 Å². The van der Waals surface area contributed by atoms with Gasteiger partial charge >= 0.3 is 0 Å². The van der Waals surface area contributed by atoms with Crippen LogP contribution in [-0.2, 0) is 16.1 Å². The lowest BCUT2D eigenvalue weighted by Crippen LogP contribution is -2.43. The molecular formula is C30H28N6O2S. The Balaban J connectivity index is 1.27. The van der Waals surface area contributed by atoms with Gasteiger partial charge in [0.05, 0.1) is 16.9 Å². The van der Waals surface area contributed by atoms with E-state index in [-0.39, 0.29) is 28.6 Å². The van der Waals surface area contributed by atoms with Gasteiger partial charge in [-0.25, -0.2) is 0 Å². The number of thioether (sulfide) groups is 1. The molecule has 0 spiro atoms. The minimum Gasteiger partial charge on any atom is -0.360 e. The van der Waals surface area contributed by atoms with Gasteiger partial charge in [-0.2, -0.15) is 5.21 Å². The van der Waals surface area contributed by atoms with E-state index < -0.39 is 0 Å². The maximum atomic E-state index is 13.4. The van der Waals surface area contributed by atoms with Gasteiger partial charge in [-0.1, -0.05) is 73.7 Å². The van der Waals surface area contributed by atoms with Gasteiger partial charge in [0.15, 0.2) is 5.78 Å². The lowest BCUT2D eigenvalue weighted by molar-refractivity contribution is -0.124. The Morgan fingerprint density at radius 2 is 1.77 bits per heavy atom. The Bertz CT molecular complexity index is 1500. The molecular weight excluding hydrogens is 508 g/mol. The molecule has 0 radical (unpaired) electrons. The van der Waals surface area contributed by atoms with Crippen LogP contribution >= 0.6 is 11.8 Å². The Morgan fingerprint density at radius 1 is 1.03 bits per heavy atom. The van der Waals surface area contributed by atoms with E-state index >= 15 is 0 Å². The van der Waals surface area contributed by atoms with Crippen molar-refractivity contribution in [3.63, 3.8) is 0 Å². The van der Waals surface area contributed by atoms with Gasteiger partial charge in [0.2, 0.25) is 5.82 Å². The number of aromatic amines is 1. The van der Waals surface area contributed by atoms with Crippen LogP contribution < -0.4 is 5.32 Å². The van der Waals surface area contributed by atoms with E-state index in [1.54, 1.807) is 6.20 Å². The molecule has 2 aliphatic heterocycles. The van der Waals surface area contributed by atoms with Crippen LogP contribution in [0.3, 0.4) is 0 Å². The van der Waals surface area contributed by atoms with E-state index in [4.69, 9.17) is 0 Å². The first kappa shape index (κ1) is 25.1. The van der Waals surface area contributed by atoms with Gasteiger partial charge in [0.25, 0.3) is 5.91 Å². The number of para-hydroxylation sites is 1. The van der Waals surface area contributed by atoms with Crippen LogP contribution in [0.25, 0.3) is 22.5 Å². The molecule has 0 saturated carbocycles. The molecule has 2 N–H and O–H groups in total. The number of tetrazole rings is 1. The van der Waals surface area contributed by atoms with E-state index in [1.165, 1.54) is 0 Å². The largest absolute Gasteiger partial charge is 0.360 e. The maximum absolute atomic E-state index is 13.4. The molecule has 0 aliphatic carbocycles. The third-order valence-corrected chi connectivity index (χ3v) is 9.08. The number of carbonyl (C=O) groups is 2. The van der Waals surface area contributed by atoms with Crippen molar-refractivity contribution >= 4 is 29.1 Å². The minimum atomic E-state index is -0.354. The molecule has 6 rings (SSSR count). The molecule has 1 saturated heterocycles. The van der Waals surface area contributed by atoms with Crippen molar-refractivity contribution < 1.29 is 9.59 Å². The van der Waals surface area contributed by atoms with Crippen molar-refractivity contribution in [2.24, 2.45) is 5.92 Å². The van der Waals surface area contributed by atoms with Crippen LogP contribution in [0.15, 0.2) is 90.6 Å². The summed E-state index contributed by atoms with van der Waals surface area (Å²) in [6.45, 7) is 2.76. The SMILES string of the molecule is CCC1CC2C(=O)C(C(=O)Nc3ccccc3)=CN(Cc3ccc(-c4ccccc4-c4nn[nH]n4)cc3)C2S1. The predicted molar refractivity (Wildman–Crippen MR) is 152 cm³/mol. The summed E-state index contributed by atoms with van der Waals surface area (Å²) in [6, 6.07) is 25.6. The maximum Gasteiger partial charge on any atom is 0.260 e. The number of anilines is 1. The molecule has 0 bridgehead atoms. The number of amides is 1.